The van der Waals surface area contributed by atoms with Gasteiger partial charge in [0, 0.05) is 23.0 Å². The van der Waals surface area contributed by atoms with E-state index >= 15 is 0 Å². The molecule has 0 bridgehead atoms. The van der Waals surface area contributed by atoms with E-state index in [1.54, 1.807) is 6.92 Å². The average Bonchev–Trinajstić information content (AvgIpc) is 2.40. The summed E-state index contributed by atoms with van der Waals surface area (Å²) >= 11 is 5.82. The topological polar surface area (TPSA) is 22.0 Å². The van der Waals surface area contributed by atoms with Crippen molar-refractivity contribution in [3.05, 3.63) is 23.0 Å². The fourth-order valence-corrected chi connectivity index (χ4v) is 2.15. The Morgan fingerprint density at radius 3 is 2.20 bits per heavy atom. The number of Topliss-reactive ketones (excluding diaryl/α,β-unsaturated/α-hetero) is 1. The number of aryl methyl sites for hydroxylation is 1. The molecule has 1 heterocycles. The number of carbonyl (C=O) groups excluding carboxylic acids is 1. The fraction of sp³-hybridized carbons (Fsp3) is 0.583. The maximum atomic E-state index is 11.8. The number of carbonyl (C=O) groups is 1. The van der Waals surface area contributed by atoms with Crippen molar-refractivity contribution in [3.63, 3.8) is 0 Å². The first kappa shape index (κ1) is 12.3. The van der Waals surface area contributed by atoms with E-state index in [2.05, 4.69) is 18.4 Å². The van der Waals surface area contributed by atoms with Crippen molar-refractivity contribution in [2.45, 2.75) is 46.0 Å². The van der Waals surface area contributed by atoms with Crippen LogP contribution in [0.5, 0.6) is 0 Å². The van der Waals surface area contributed by atoms with Gasteiger partial charge in [-0.3, -0.25) is 4.79 Å². The smallest absolute Gasteiger partial charge is 0.182 e. The molecular formula is C12H18ClNO. The summed E-state index contributed by atoms with van der Waals surface area (Å²) in [5, 5.41) is -0.453. The van der Waals surface area contributed by atoms with Crippen molar-refractivity contribution in [3.8, 4) is 0 Å². The van der Waals surface area contributed by atoms with Gasteiger partial charge in [0.05, 0.1) is 5.38 Å². The van der Waals surface area contributed by atoms with Crippen LogP contribution >= 0.6 is 11.6 Å². The van der Waals surface area contributed by atoms with E-state index in [1.807, 2.05) is 19.9 Å². The summed E-state index contributed by atoms with van der Waals surface area (Å²) in [6.45, 7) is 9.92. The Balaban J connectivity index is 3.24. The zero-order chi connectivity index (χ0) is 11.7. The Bertz CT molecular complexity index is 377. The van der Waals surface area contributed by atoms with Gasteiger partial charge < -0.3 is 4.57 Å². The molecule has 84 valence electrons. The Kier molecular flexibility index (Phi) is 3.61. The molecule has 0 N–H and O–H groups in total. The maximum absolute atomic E-state index is 11.8. The van der Waals surface area contributed by atoms with Crippen LogP contribution in [0.15, 0.2) is 6.07 Å². The third-order valence-corrected chi connectivity index (χ3v) is 2.83. The van der Waals surface area contributed by atoms with Crippen molar-refractivity contribution in [2.75, 3.05) is 0 Å². The predicted octanol–water partition coefficient (Wildman–Crippen LogP) is 3.50. The Morgan fingerprint density at radius 1 is 1.33 bits per heavy atom. The van der Waals surface area contributed by atoms with Gasteiger partial charge in [0.15, 0.2) is 5.78 Å². The largest absolute Gasteiger partial charge is 0.346 e. The van der Waals surface area contributed by atoms with Crippen LogP contribution in [0.1, 0.15) is 48.6 Å². The Labute approximate surface area is 96.2 Å². The molecule has 3 heteroatoms. The third kappa shape index (κ3) is 2.25. The second-order valence-electron chi connectivity index (χ2n) is 4.23. The summed E-state index contributed by atoms with van der Waals surface area (Å²) in [4.78, 5) is 11.8. The highest BCUT2D eigenvalue weighted by molar-refractivity contribution is 6.33. The number of alkyl halides is 1. The molecule has 1 rings (SSSR count). The van der Waals surface area contributed by atoms with Crippen LogP contribution in [0.2, 0.25) is 0 Å². The van der Waals surface area contributed by atoms with Crippen molar-refractivity contribution >= 4 is 17.4 Å². The van der Waals surface area contributed by atoms with Gasteiger partial charge in [-0.2, -0.15) is 0 Å². The van der Waals surface area contributed by atoms with E-state index in [0.29, 0.717) is 6.04 Å². The van der Waals surface area contributed by atoms with Gasteiger partial charge in [-0.25, -0.2) is 0 Å². The molecule has 1 unspecified atom stereocenters. The van der Waals surface area contributed by atoms with Crippen LogP contribution < -0.4 is 0 Å². The molecule has 0 spiro atoms. The number of hydrogen-bond acceptors (Lipinski definition) is 1. The van der Waals surface area contributed by atoms with Crippen LogP contribution in [0, 0.1) is 13.8 Å². The molecule has 0 aliphatic carbocycles. The number of aromatic nitrogens is 1. The average molecular weight is 228 g/mol. The maximum Gasteiger partial charge on any atom is 0.182 e. The van der Waals surface area contributed by atoms with E-state index in [0.717, 1.165) is 17.0 Å². The van der Waals surface area contributed by atoms with Crippen LogP contribution in [-0.4, -0.2) is 15.7 Å². The zero-order valence-corrected chi connectivity index (χ0v) is 10.7. The van der Waals surface area contributed by atoms with Gasteiger partial charge in [-0.1, -0.05) is 0 Å². The fourth-order valence-electron chi connectivity index (χ4n) is 2.04. The second kappa shape index (κ2) is 4.40. The molecule has 15 heavy (non-hydrogen) atoms. The molecule has 2 nitrogen and oxygen atoms in total. The molecule has 0 amide bonds. The minimum absolute atomic E-state index is 0.0108. The minimum atomic E-state index is -0.453. The lowest BCUT2D eigenvalue weighted by Gasteiger charge is -2.13. The van der Waals surface area contributed by atoms with E-state index in [9.17, 15) is 4.79 Å². The van der Waals surface area contributed by atoms with Gasteiger partial charge in [0.25, 0.3) is 0 Å². The summed E-state index contributed by atoms with van der Waals surface area (Å²) in [6, 6.07) is 2.30. The minimum Gasteiger partial charge on any atom is -0.346 e. The first-order valence-corrected chi connectivity index (χ1v) is 5.66. The molecule has 1 aromatic rings. The highest BCUT2D eigenvalue weighted by Gasteiger charge is 2.19. The van der Waals surface area contributed by atoms with Crippen molar-refractivity contribution in [1.29, 1.82) is 0 Å². The predicted molar refractivity (Wildman–Crippen MR) is 63.9 cm³/mol. The number of ketones is 1. The monoisotopic (exact) mass is 227 g/mol. The summed E-state index contributed by atoms with van der Waals surface area (Å²) in [6.07, 6.45) is 0. The van der Waals surface area contributed by atoms with Gasteiger partial charge >= 0.3 is 0 Å². The molecule has 1 atom stereocenters. The molecule has 0 saturated carbocycles. The molecular weight excluding hydrogens is 210 g/mol. The van der Waals surface area contributed by atoms with Crippen LogP contribution in [0.4, 0.5) is 0 Å². The molecule has 0 aliphatic heterocycles. The van der Waals surface area contributed by atoms with Gasteiger partial charge in [0.2, 0.25) is 0 Å². The van der Waals surface area contributed by atoms with Crippen LogP contribution in [-0.2, 0) is 0 Å². The molecule has 0 aromatic carbocycles. The molecule has 0 radical (unpaired) electrons. The number of nitrogens with zero attached hydrogens (tertiary/aromatic N) is 1. The first-order valence-electron chi connectivity index (χ1n) is 5.23. The van der Waals surface area contributed by atoms with E-state index in [4.69, 9.17) is 11.6 Å². The number of halogens is 1. The SMILES string of the molecule is Cc1cc(C(=O)C(C)Cl)c(C)n1C(C)C. The molecule has 0 fully saturated rings. The molecule has 0 aliphatic rings. The Morgan fingerprint density at radius 2 is 1.87 bits per heavy atom. The highest BCUT2D eigenvalue weighted by Crippen LogP contribution is 2.22. The highest BCUT2D eigenvalue weighted by atomic mass is 35.5. The van der Waals surface area contributed by atoms with E-state index in [-0.39, 0.29) is 5.78 Å². The molecule has 1 aromatic heterocycles. The van der Waals surface area contributed by atoms with Gasteiger partial charge in [-0.05, 0) is 40.7 Å². The lowest BCUT2D eigenvalue weighted by Crippen LogP contribution is -2.12. The van der Waals surface area contributed by atoms with Crippen molar-refractivity contribution < 1.29 is 4.79 Å². The molecule has 0 saturated heterocycles. The van der Waals surface area contributed by atoms with E-state index in [1.165, 1.54) is 0 Å². The standard InChI is InChI=1S/C12H18ClNO/c1-7(2)14-8(3)6-11(10(14)5)12(15)9(4)13/h6-7,9H,1-5H3. The Hall–Kier alpha value is -0.760. The summed E-state index contributed by atoms with van der Waals surface area (Å²) in [5.74, 6) is 0.0108. The third-order valence-electron chi connectivity index (χ3n) is 2.63. The summed E-state index contributed by atoms with van der Waals surface area (Å²) < 4.78 is 2.16. The summed E-state index contributed by atoms with van der Waals surface area (Å²) in [7, 11) is 0. The lowest BCUT2D eigenvalue weighted by atomic mass is 10.1. The van der Waals surface area contributed by atoms with Crippen molar-refractivity contribution in [2.24, 2.45) is 0 Å². The quantitative estimate of drug-likeness (QED) is 0.572. The zero-order valence-electron chi connectivity index (χ0n) is 9.97. The van der Waals surface area contributed by atoms with Gasteiger partial charge in [0.1, 0.15) is 0 Å². The van der Waals surface area contributed by atoms with Gasteiger partial charge in [-0.15, -0.1) is 11.6 Å². The first-order chi connectivity index (χ1) is 6.86. The van der Waals surface area contributed by atoms with Crippen molar-refractivity contribution in [1.82, 2.24) is 4.57 Å². The normalized spacial score (nSPS) is 13.3. The number of hydrogen-bond donors (Lipinski definition) is 0. The van der Waals surface area contributed by atoms with Crippen LogP contribution in [0.3, 0.4) is 0 Å². The van der Waals surface area contributed by atoms with E-state index < -0.39 is 5.38 Å². The lowest BCUT2D eigenvalue weighted by molar-refractivity contribution is 0.0991. The second-order valence-corrected chi connectivity index (χ2v) is 4.88. The van der Waals surface area contributed by atoms with Crippen LogP contribution in [0.25, 0.3) is 0 Å². The number of rotatable bonds is 3. The summed E-state index contributed by atoms with van der Waals surface area (Å²) in [5.41, 5.74) is 2.88.